The fourth-order valence-corrected chi connectivity index (χ4v) is 0.704. The smallest absolute Gasteiger partial charge is 0.267 e. The quantitative estimate of drug-likeness (QED) is 0.457. The Bertz CT molecular complexity index is 258. The molecule has 0 N–H and O–H groups in total. The Labute approximate surface area is 59.2 Å². The molecule has 0 spiro atoms. The minimum atomic E-state index is -0.273. The van der Waals surface area contributed by atoms with E-state index in [1.165, 1.54) is 0 Å². The van der Waals surface area contributed by atoms with E-state index < -0.39 is 0 Å². The van der Waals surface area contributed by atoms with Gasteiger partial charge in [0.05, 0.1) is 11.3 Å². The van der Waals surface area contributed by atoms with Gasteiger partial charge in [-0.05, 0) is 13.8 Å². The predicted molar refractivity (Wildman–Crippen MR) is 40.4 cm³/mol. The number of nitrogens with zero attached hydrogens (tertiary/aromatic N) is 2. The standard InChI is InChI=1S/C7H8N2O/c1-4-5(2)8-6(3)9-7(4)10/h1H2,2-3H3. The first kappa shape index (κ1) is 6.86. The Kier molecular flexibility index (Phi) is 1.49. The van der Waals surface area contributed by atoms with Gasteiger partial charge >= 0.3 is 0 Å². The van der Waals surface area contributed by atoms with E-state index in [4.69, 9.17) is 0 Å². The Morgan fingerprint density at radius 1 is 1.30 bits per heavy atom. The van der Waals surface area contributed by atoms with Crippen molar-refractivity contribution in [3.63, 3.8) is 0 Å². The van der Waals surface area contributed by atoms with Crippen molar-refractivity contribution < 1.29 is 4.79 Å². The third-order valence-electron chi connectivity index (χ3n) is 1.29. The van der Waals surface area contributed by atoms with Crippen LogP contribution < -0.4 is 0 Å². The second-order valence-corrected chi connectivity index (χ2v) is 2.14. The zero-order valence-electron chi connectivity index (χ0n) is 6.01. The number of amides is 1. The summed E-state index contributed by atoms with van der Waals surface area (Å²) in [5.41, 5.74) is 1.06. The Balaban J connectivity index is 3.07. The molecule has 0 saturated heterocycles. The molecule has 0 fully saturated rings. The number of hydrogen-bond acceptors (Lipinski definition) is 2. The van der Waals surface area contributed by atoms with Gasteiger partial charge in [-0.3, -0.25) is 4.79 Å². The summed E-state index contributed by atoms with van der Waals surface area (Å²) >= 11 is 0. The predicted octanol–water partition coefficient (Wildman–Crippen LogP) is 0.962. The number of aliphatic imine (C=N–C) groups is 2. The summed E-state index contributed by atoms with van der Waals surface area (Å²) in [5.74, 6) is 0.236. The molecule has 1 rings (SSSR count). The van der Waals surface area contributed by atoms with Gasteiger partial charge in [0.15, 0.2) is 0 Å². The summed E-state index contributed by atoms with van der Waals surface area (Å²) < 4.78 is 0. The molecule has 0 aromatic carbocycles. The highest BCUT2D eigenvalue weighted by atomic mass is 16.1. The lowest BCUT2D eigenvalue weighted by atomic mass is 10.2. The molecule has 10 heavy (non-hydrogen) atoms. The van der Waals surface area contributed by atoms with Gasteiger partial charge in [0.25, 0.3) is 5.91 Å². The van der Waals surface area contributed by atoms with Crippen molar-refractivity contribution >= 4 is 17.5 Å². The lowest BCUT2D eigenvalue weighted by molar-refractivity contribution is -0.113. The Morgan fingerprint density at radius 3 is 2.40 bits per heavy atom. The van der Waals surface area contributed by atoms with Crippen LogP contribution in [0.1, 0.15) is 13.8 Å². The number of amidine groups is 1. The minimum absolute atomic E-state index is 0.273. The SMILES string of the molecule is C=C1C(=O)N=C(C)N=C1C. The van der Waals surface area contributed by atoms with E-state index in [2.05, 4.69) is 16.6 Å². The Morgan fingerprint density at radius 2 is 1.90 bits per heavy atom. The van der Waals surface area contributed by atoms with E-state index in [1.807, 2.05) is 0 Å². The van der Waals surface area contributed by atoms with E-state index in [0.29, 0.717) is 17.1 Å². The summed E-state index contributed by atoms with van der Waals surface area (Å²) in [5, 5.41) is 0. The van der Waals surface area contributed by atoms with Gasteiger partial charge in [-0.15, -0.1) is 0 Å². The first-order chi connectivity index (χ1) is 4.61. The highest BCUT2D eigenvalue weighted by molar-refractivity contribution is 6.27. The lowest BCUT2D eigenvalue weighted by Gasteiger charge is -2.05. The highest BCUT2D eigenvalue weighted by Gasteiger charge is 2.13. The molecule has 0 aliphatic carbocycles. The average molecular weight is 136 g/mol. The molecule has 0 unspecified atom stereocenters. The maximum atomic E-state index is 10.8. The first-order valence-electron chi connectivity index (χ1n) is 2.95. The Hall–Kier alpha value is -1.25. The van der Waals surface area contributed by atoms with E-state index in [0.717, 1.165) is 0 Å². The summed E-state index contributed by atoms with van der Waals surface area (Å²) in [6.45, 7) is 6.96. The van der Waals surface area contributed by atoms with Crippen molar-refractivity contribution in [2.75, 3.05) is 0 Å². The monoisotopic (exact) mass is 136 g/mol. The van der Waals surface area contributed by atoms with Crippen LogP contribution in [-0.4, -0.2) is 17.5 Å². The molecule has 0 saturated carbocycles. The van der Waals surface area contributed by atoms with Crippen LogP contribution in [0.3, 0.4) is 0 Å². The van der Waals surface area contributed by atoms with Gasteiger partial charge in [-0.25, -0.2) is 4.99 Å². The van der Waals surface area contributed by atoms with Crippen LogP contribution in [0.15, 0.2) is 22.1 Å². The summed E-state index contributed by atoms with van der Waals surface area (Å²) in [6.07, 6.45) is 0. The van der Waals surface area contributed by atoms with Crippen molar-refractivity contribution in [3.05, 3.63) is 12.2 Å². The molecule has 0 aromatic heterocycles. The molecule has 3 heteroatoms. The van der Waals surface area contributed by atoms with E-state index in [9.17, 15) is 4.79 Å². The van der Waals surface area contributed by atoms with Crippen LogP contribution in [0.4, 0.5) is 0 Å². The molecule has 0 aromatic rings. The van der Waals surface area contributed by atoms with Crippen LogP contribution in [0, 0.1) is 0 Å². The van der Waals surface area contributed by atoms with Gasteiger partial charge in [-0.2, -0.15) is 4.99 Å². The van der Waals surface area contributed by atoms with Gasteiger partial charge in [0.1, 0.15) is 5.84 Å². The summed E-state index contributed by atoms with van der Waals surface area (Å²) in [7, 11) is 0. The molecule has 52 valence electrons. The van der Waals surface area contributed by atoms with Crippen LogP contribution in [0.2, 0.25) is 0 Å². The molecule has 1 heterocycles. The van der Waals surface area contributed by atoms with Crippen molar-refractivity contribution in [1.82, 2.24) is 0 Å². The largest absolute Gasteiger partial charge is 0.279 e. The van der Waals surface area contributed by atoms with Crippen LogP contribution in [0.5, 0.6) is 0 Å². The molecule has 0 radical (unpaired) electrons. The topological polar surface area (TPSA) is 41.8 Å². The molecule has 0 bridgehead atoms. The number of hydrogen-bond donors (Lipinski definition) is 0. The molecule has 0 atom stereocenters. The zero-order valence-corrected chi connectivity index (χ0v) is 6.01. The number of carbonyl (C=O) groups is 1. The van der Waals surface area contributed by atoms with E-state index in [-0.39, 0.29) is 5.91 Å². The van der Waals surface area contributed by atoms with Crippen molar-refractivity contribution in [2.24, 2.45) is 9.98 Å². The van der Waals surface area contributed by atoms with Crippen LogP contribution in [-0.2, 0) is 4.79 Å². The highest BCUT2D eigenvalue weighted by Crippen LogP contribution is 2.04. The number of carbonyl (C=O) groups excluding carboxylic acids is 1. The zero-order chi connectivity index (χ0) is 7.72. The molecule has 1 aliphatic rings. The fraction of sp³-hybridized carbons (Fsp3) is 0.286. The first-order valence-corrected chi connectivity index (χ1v) is 2.95. The van der Waals surface area contributed by atoms with Gasteiger partial charge in [-0.1, -0.05) is 6.58 Å². The van der Waals surface area contributed by atoms with Crippen LogP contribution >= 0.6 is 0 Å². The minimum Gasteiger partial charge on any atom is -0.267 e. The van der Waals surface area contributed by atoms with Gasteiger partial charge in [0, 0.05) is 0 Å². The van der Waals surface area contributed by atoms with E-state index >= 15 is 0 Å². The van der Waals surface area contributed by atoms with Crippen molar-refractivity contribution in [3.8, 4) is 0 Å². The normalized spacial score (nSPS) is 18.6. The molecule has 3 nitrogen and oxygen atoms in total. The molecule has 1 amide bonds. The molecule has 1 aliphatic heterocycles. The summed E-state index contributed by atoms with van der Waals surface area (Å²) in [4.78, 5) is 18.4. The van der Waals surface area contributed by atoms with Gasteiger partial charge < -0.3 is 0 Å². The maximum Gasteiger partial charge on any atom is 0.279 e. The second kappa shape index (κ2) is 2.17. The fourth-order valence-electron chi connectivity index (χ4n) is 0.704. The third-order valence-corrected chi connectivity index (χ3v) is 1.29. The average Bonchev–Trinajstić information content (AvgIpc) is 1.82. The summed E-state index contributed by atoms with van der Waals surface area (Å²) in [6, 6.07) is 0. The van der Waals surface area contributed by atoms with Gasteiger partial charge in [0.2, 0.25) is 0 Å². The van der Waals surface area contributed by atoms with E-state index in [1.54, 1.807) is 13.8 Å². The second-order valence-electron chi connectivity index (χ2n) is 2.14. The maximum absolute atomic E-state index is 10.8. The third kappa shape index (κ3) is 1.03. The number of rotatable bonds is 0. The van der Waals surface area contributed by atoms with Crippen molar-refractivity contribution in [1.29, 1.82) is 0 Å². The molecular formula is C7H8N2O. The molecular weight excluding hydrogens is 128 g/mol. The van der Waals surface area contributed by atoms with Crippen molar-refractivity contribution in [2.45, 2.75) is 13.8 Å². The van der Waals surface area contributed by atoms with Crippen LogP contribution in [0.25, 0.3) is 0 Å². The lowest BCUT2D eigenvalue weighted by Crippen LogP contribution is -2.14.